The molecule has 0 aliphatic heterocycles. The minimum Gasteiger partial charge on any atom is -0.375 e. The number of rotatable bonds is 2. The van der Waals surface area contributed by atoms with Gasteiger partial charge in [-0.15, -0.1) is 11.3 Å². The maximum atomic E-state index is 11.5. The molecule has 2 rings (SSSR count). The van der Waals surface area contributed by atoms with E-state index < -0.39 is 0 Å². The van der Waals surface area contributed by atoms with Gasteiger partial charge in [0.2, 0.25) is 0 Å². The molecule has 0 unspecified atom stereocenters. The van der Waals surface area contributed by atoms with Gasteiger partial charge in [0.1, 0.15) is 0 Å². The van der Waals surface area contributed by atoms with Crippen molar-refractivity contribution in [2.45, 2.75) is 6.54 Å². The maximum absolute atomic E-state index is 11.5. The van der Waals surface area contributed by atoms with Crippen molar-refractivity contribution in [2.75, 3.05) is 5.73 Å². The van der Waals surface area contributed by atoms with Gasteiger partial charge in [-0.1, -0.05) is 0 Å². The first-order valence-electron chi connectivity index (χ1n) is 4.08. The lowest BCUT2D eigenvalue weighted by Gasteiger charge is -1.95. The van der Waals surface area contributed by atoms with Crippen molar-refractivity contribution in [1.29, 1.82) is 0 Å². The molecular weight excluding hydrogens is 200 g/mol. The van der Waals surface area contributed by atoms with E-state index >= 15 is 0 Å². The van der Waals surface area contributed by atoms with Gasteiger partial charge in [0.25, 0.3) is 0 Å². The number of imidazole rings is 1. The molecule has 2 heterocycles. The predicted octanol–water partition coefficient (Wildman–Crippen LogP) is 0.274. The monoisotopic (exact) mass is 210 g/mol. The summed E-state index contributed by atoms with van der Waals surface area (Å²) in [7, 11) is 1.72. The molecule has 6 heteroatoms. The Balaban J connectivity index is 2.27. The molecule has 74 valence electrons. The van der Waals surface area contributed by atoms with E-state index in [-0.39, 0.29) is 5.69 Å². The van der Waals surface area contributed by atoms with Crippen LogP contribution >= 0.6 is 11.3 Å². The third-order valence-electron chi connectivity index (χ3n) is 1.92. The molecule has 0 amide bonds. The number of thiazole rings is 1. The van der Waals surface area contributed by atoms with E-state index in [0.717, 1.165) is 5.69 Å². The summed E-state index contributed by atoms with van der Waals surface area (Å²) in [6, 6.07) is 0. The molecule has 0 saturated heterocycles. The van der Waals surface area contributed by atoms with Gasteiger partial charge < -0.3 is 10.3 Å². The highest BCUT2D eigenvalue weighted by Crippen LogP contribution is 2.11. The third-order valence-corrected chi connectivity index (χ3v) is 2.64. The number of aryl methyl sites for hydroxylation is 1. The van der Waals surface area contributed by atoms with E-state index in [2.05, 4.69) is 4.98 Å². The normalized spacial score (nSPS) is 10.6. The van der Waals surface area contributed by atoms with Crippen LogP contribution in [0.25, 0.3) is 0 Å². The molecule has 2 N–H and O–H groups in total. The Hall–Kier alpha value is -1.56. The van der Waals surface area contributed by atoms with Crippen LogP contribution in [-0.2, 0) is 13.6 Å². The van der Waals surface area contributed by atoms with E-state index in [9.17, 15) is 4.79 Å². The van der Waals surface area contributed by atoms with Crippen LogP contribution in [-0.4, -0.2) is 14.1 Å². The Labute approximate surface area is 84.4 Å². The van der Waals surface area contributed by atoms with Gasteiger partial charge in [-0.05, 0) is 0 Å². The fraction of sp³-hybridized carbons (Fsp3) is 0.250. The second kappa shape index (κ2) is 3.30. The van der Waals surface area contributed by atoms with Gasteiger partial charge in [0.05, 0.1) is 12.2 Å². The Morgan fingerprint density at radius 3 is 2.86 bits per heavy atom. The first-order valence-corrected chi connectivity index (χ1v) is 4.96. The first kappa shape index (κ1) is 9.01. The van der Waals surface area contributed by atoms with E-state index in [1.165, 1.54) is 15.9 Å². The lowest BCUT2D eigenvalue weighted by molar-refractivity contribution is 0.708. The smallest absolute Gasteiger partial charge is 0.328 e. The molecule has 5 nitrogen and oxygen atoms in total. The number of nitrogens with zero attached hydrogens (tertiary/aromatic N) is 3. The zero-order valence-electron chi connectivity index (χ0n) is 7.67. The number of hydrogen-bond acceptors (Lipinski definition) is 4. The van der Waals surface area contributed by atoms with Crippen LogP contribution in [0.2, 0.25) is 0 Å². The Bertz CT molecular complexity index is 495. The summed E-state index contributed by atoms with van der Waals surface area (Å²) in [5.74, 6) is 0. The number of aromatic nitrogens is 3. The summed E-state index contributed by atoms with van der Waals surface area (Å²) >= 11 is 1.38. The minimum absolute atomic E-state index is 0.0448. The van der Waals surface area contributed by atoms with Crippen molar-refractivity contribution in [3.05, 3.63) is 34.0 Å². The summed E-state index contributed by atoms with van der Waals surface area (Å²) < 4.78 is 3.12. The van der Waals surface area contributed by atoms with E-state index in [1.54, 1.807) is 24.0 Å². The highest BCUT2D eigenvalue weighted by atomic mass is 32.1. The van der Waals surface area contributed by atoms with Crippen LogP contribution in [0.5, 0.6) is 0 Å². The average molecular weight is 210 g/mol. The zero-order chi connectivity index (χ0) is 10.1. The topological polar surface area (TPSA) is 65.8 Å². The number of nitrogens with two attached hydrogens (primary N) is 1. The zero-order valence-corrected chi connectivity index (χ0v) is 8.49. The van der Waals surface area contributed by atoms with Crippen LogP contribution in [0.15, 0.2) is 22.6 Å². The number of anilines is 1. The fourth-order valence-electron chi connectivity index (χ4n) is 1.20. The van der Waals surface area contributed by atoms with Crippen LogP contribution in [0.4, 0.5) is 5.13 Å². The standard InChI is InChI=1S/C8H10N4OS/c1-11-2-3-12(8(11)13)4-6-5-14-7(9)10-6/h2-3,5H,4H2,1H3,(H2,9,10). The van der Waals surface area contributed by atoms with Crippen molar-refractivity contribution >= 4 is 16.5 Å². The molecule has 0 atom stereocenters. The quantitative estimate of drug-likeness (QED) is 0.774. The van der Waals surface area contributed by atoms with Gasteiger partial charge >= 0.3 is 5.69 Å². The lowest BCUT2D eigenvalue weighted by Crippen LogP contribution is -2.22. The lowest BCUT2D eigenvalue weighted by atomic mass is 10.5. The van der Waals surface area contributed by atoms with E-state index in [0.29, 0.717) is 11.7 Å². The molecule has 0 saturated carbocycles. The summed E-state index contributed by atoms with van der Waals surface area (Å²) in [6.07, 6.45) is 3.45. The van der Waals surface area contributed by atoms with Crippen LogP contribution in [0.3, 0.4) is 0 Å². The highest BCUT2D eigenvalue weighted by Gasteiger charge is 2.03. The molecule has 0 aliphatic rings. The summed E-state index contributed by atoms with van der Waals surface area (Å²) in [6.45, 7) is 0.480. The van der Waals surface area contributed by atoms with Crippen molar-refractivity contribution in [1.82, 2.24) is 14.1 Å². The van der Waals surface area contributed by atoms with Crippen molar-refractivity contribution < 1.29 is 0 Å². The Morgan fingerprint density at radius 2 is 2.36 bits per heavy atom. The van der Waals surface area contributed by atoms with Gasteiger partial charge in [-0.3, -0.25) is 4.57 Å². The van der Waals surface area contributed by atoms with Gasteiger partial charge in [0, 0.05) is 24.8 Å². The summed E-state index contributed by atoms with van der Waals surface area (Å²) in [5, 5.41) is 2.39. The van der Waals surface area contributed by atoms with Crippen LogP contribution < -0.4 is 11.4 Å². The summed E-state index contributed by atoms with van der Waals surface area (Å²) in [5.41, 5.74) is 6.27. The van der Waals surface area contributed by atoms with Gasteiger partial charge in [-0.25, -0.2) is 9.78 Å². The second-order valence-electron chi connectivity index (χ2n) is 3.00. The van der Waals surface area contributed by atoms with Gasteiger partial charge in [-0.2, -0.15) is 0 Å². The first-order chi connectivity index (χ1) is 6.66. The fourth-order valence-corrected chi connectivity index (χ4v) is 1.75. The minimum atomic E-state index is -0.0448. The van der Waals surface area contributed by atoms with E-state index in [1.807, 2.05) is 5.38 Å². The molecule has 2 aromatic rings. The molecule has 0 aromatic carbocycles. The molecule has 0 radical (unpaired) electrons. The van der Waals surface area contributed by atoms with E-state index in [4.69, 9.17) is 5.73 Å². The molecule has 2 aromatic heterocycles. The average Bonchev–Trinajstić information content (AvgIpc) is 2.67. The SMILES string of the molecule is Cn1ccn(Cc2csc(N)n2)c1=O. The predicted molar refractivity (Wildman–Crippen MR) is 55.3 cm³/mol. The van der Waals surface area contributed by atoms with Crippen molar-refractivity contribution in [3.63, 3.8) is 0 Å². The van der Waals surface area contributed by atoms with Crippen molar-refractivity contribution in [2.24, 2.45) is 7.05 Å². The second-order valence-corrected chi connectivity index (χ2v) is 3.89. The van der Waals surface area contributed by atoms with Crippen LogP contribution in [0, 0.1) is 0 Å². The number of hydrogen-bond donors (Lipinski definition) is 1. The maximum Gasteiger partial charge on any atom is 0.328 e. The van der Waals surface area contributed by atoms with Crippen LogP contribution in [0.1, 0.15) is 5.69 Å². The molecule has 0 aliphatic carbocycles. The Kier molecular flexibility index (Phi) is 2.12. The summed E-state index contributed by atoms with van der Waals surface area (Å²) in [4.78, 5) is 15.5. The molecule has 14 heavy (non-hydrogen) atoms. The molecular formula is C8H10N4OS. The molecule has 0 bridgehead atoms. The highest BCUT2D eigenvalue weighted by molar-refractivity contribution is 7.13. The van der Waals surface area contributed by atoms with Crippen molar-refractivity contribution in [3.8, 4) is 0 Å². The molecule has 0 fully saturated rings. The van der Waals surface area contributed by atoms with Gasteiger partial charge in [0.15, 0.2) is 5.13 Å². The Morgan fingerprint density at radius 1 is 1.57 bits per heavy atom. The third kappa shape index (κ3) is 1.56. The largest absolute Gasteiger partial charge is 0.375 e. The molecule has 0 spiro atoms. The number of nitrogen functional groups attached to an aromatic ring is 1.